The zero-order chi connectivity index (χ0) is 28.2. The number of carbonyl (C=O) groups excluding carboxylic acids is 1. The van der Waals surface area contributed by atoms with E-state index in [-0.39, 0.29) is 6.42 Å². The Bertz CT molecular complexity index is 1300. The van der Waals surface area contributed by atoms with Crippen molar-refractivity contribution >= 4 is 11.7 Å². The number of carbonyl (C=O) groups is 1. The third-order valence-electron chi connectivity index (χ3n) is 6.95. The van der Waals surface area contributed by atoms with Gasteiger partial charge in [0.2, 0.25) is 0 Å². The lowest BCUT2D eigenvalue weighted by molar-refractivity contribution is -0.136. The summed E-state index contributed by atoms with van der Waals surface area (Å²) in [6.45, 7) is 6.30. The van der Waals surface area contributed by atoms with E-state index in [1.54, 1.807) is 22.7 Å². The van der Waals surface area contributed by atoms with Crippen molar-refractivity contribution in [3.8, 4) is 22.8 Å². The van der Waals surface area contributed by atoms with Crippen molar-refractivity contribution < 1.29 is 27.4 Å². The van der Waals surface area contributed by atoms with Crippen LogP contribution in [0.15, 0.2) is 24.5 Å². The fourth-order valence-electron chi connectivity index (χ4n) is 4.84. The third kappa shape index (κ3) is 6.90. The standard InChI is InChI=1S/C27H35F3N6O3/c1-5-35-18(3)21-13-20(24(38-4)15-31-21)22-14-23(25-32-17(2)16-36(25)34-22)39-12-8-6-7-9-19(33-26(35)37)10-11-27(28,29)30/h13-16,18-19H,5-12H2,1-4H3,(H,33,37)/t18-,19-/m1/s1. The molecule has 2 amide bonds. The van der Waals surface area contributed by atoms with E-state index in [2.05, 4.69) is 15.3 Å². The number of methoxy groups -OCH3 is 1. The van der Waals surface area contributed by atoms with Crippen molar-refractivity contribution in [1.29, 1.82) is 0 Å². The maximum absolute atomic E-state index is 13.3. The highest BCUT2D eigenvalue weighted by molar-refractivity contribution is 5.75. The van der Waals surface area contributed by atoms with Crippen molar-refractivity contribution in [2.75, 3.05) is 20.3 Å². The molecule has 4 heterocycles. The summed E-state index contributed by atoms with van der Waals surface area (Å²) >= 11 is 0. The van der Waals surface area contributed by atoms with Crippen molar-refractivity contribution in [3.05, 3.63) is 35.9 Å². The van der Waals surface area contributed by atoms with E-state index in [4.69, 9.17) is 14.6 Å². The quantitative estimate of drug-likeness (QED) is 0.439. The van der Waals surface area contributed by atoms with Crippen LogP contribution in [0.1, 0.15) is 69.8 Å². The number of nitrogens with one attached hydrogen (secondary N) is 1. The molecule has 0 radical (unpaired) electrons. The Morgan fingerprint density at radius 3 is 2.74 bits per heavy atom. The first-order valence-electron chi connectivity index (χ1n) is 13.3. The number of aryl methyl sites for hydroxylation is 1. The largest absolute Gasteiger partial charge is 0.494 e. The van der Waals surface area contributed by atoms with Crippen LogP contribution in [0.4, 0.5) is 18.0 Å². The van der Waals surface area contributed by atoms with Gasteiger partial charge in [-0.3, -0.25) is 4.98 Å². The van der Waals surface area contributed by atoms with E-state index in [1.807, 2.05) is 39.1 Å². The molecule has 0 saturated heterocycles. The lowest BCUT2D eigenvalue weighted by atomic mass is 10.0. The van der Waals surface area contributed by atoms with Gasteiger partial charge in [-0.2, -0.15) is 18.3 Å². The molecule has 1 N–H and O–H groups in total. The topological polar surface area (TPSA) is 93.9 Å². The second-order valence-corrected chi connectivity index (χ2v) is 9.81. The minimum Gasteiger partial charge on any atom is -0.494 e. The molecule has 0 aromatic carbocycles. The summed E-state index contributed by atoms with van der Waals surface area (Å²) in [6.07, 6.45) is 0.539. The first-order valence-corrected chi connectivity index (χ1v) is 13.3. The molecule has 3 aromatic heterocycles. The molecule has 0 spiro atoms. The van der Waals surface area contributed by atoms with Crippen molar-refractivity contribution in [1.82, 2.24) is 29.8 Å². The highest BCUT2D eigenvalue weighted by Crippen LogP contribution is 2.34. The van der Waals surface area contributed by atoms with Crippen molar-refractivity contribution in [3.63, 3.8) is 0 Å². The number of nitrogens with zero attached hydrogens (tertiary/aromatic N) is 5. The molecular formula is C27H35F3N6O3. The van der Waals surface area contributed by atoms with Crippen LogP contribution in [-0.4, -0.2) is 63.0 Å². The van der Waals surface area contributed by atoms with Gasteiger partial charge in [0.05, 0.1) is 49.2 Å². The number of imidazole rings is 1. The van der Waals surface area contributed by atoms with Gasteiger partial charge in [0.15, 0.2) is 11.4 Å². The third-order valence-corrected chi connectivity index (χ3v) is 6.95. The highest BCUT2D eigenvalue weighted by atomic mass is 19.4. The number of alkyl halides is 3. The molecule has 0 fully saturated rings. The Morgan fingerprint density at radius 1 is 1.23 bits per heavy atom. The van der Waals surface area contributed by atoms with Crippen molar-refractivity contribution in [2.24, 2.45) is 0 Å². The molecule has 0 aliphatic carbocycles. The van der Waals surface area contributed by atoms with Gasteiger partial charge in [-0.25, -0.2) is 14.3 Å². The molecule has 0 unspecified atom stereocenters. The summed E-state index contributed by atoms with van der Waals surface area (Å²) in [4.78, 5) is 23.9. The number of urea groups is 1. The fourth-order valence-corrected chi connectivity index (χ4v) is 4.84. The normalized spacial score (nSPS) is 19.4. The van der Waals surface area contributed by atoms with Gasteiger partial charge in [0.1, 0.15) is 5.75 Å². The molecule has 1 aliphatic heterocycles. The highest BCUT2D eigenvalue weighted by Gasteiger charge is 2.30. The number of hydrogen-bond donors (Lipinski definition) is 1. The van der Waals surface area contributed by atoms with E-state index < -0.39 is 30.7 Å². The summed E-state index contributed by atoms with van der Waals surface area (Å²) in [5, 5.41) is 7.59. The van der Waals surface area contributed by atoms with Gasteiger partial charge in [-0.15, -0.1) is 0 Å². The molecule has 4 bridgehead atoms. The van der Waals surface area contributed by atoms with E-state index >= 15 is 0 Å². The lowest BCUT2D eigenvalue weighted by Gasteiger charge is -2.30. The van der Waals surface area contributed by atoms with Crippen LogP contribution in [0, 0.1) is 6.92 Å². The summed E-state index contributed by atoms with van der Waals surface area (Å²) in [6, 6.07) is 2.17. The Balaban J connectivity index is 1.74. The van der Waals surface area contributed by atoms with Crippen LogP contribution in [0.3, 0.4) is 0 Å². The minimum atomic E-state index is -4.29. The van der Waals surface area contributed by atoms with E-state index in [9.17, 15) is 18.0 Å². The number of pyridine rings is 1. The van der Waals surface area contributed by atoms with Crippen LogP contribution in [0.2, 0.25) is 0 Å². The average molecular weight is 549 g/mol. The Hall–Kier alpha value is -3.57. The monoisotopic (exact) mass is 548 g/mol. The molecule has 2 atom stereocenters. The lowest BCUT2D eigenvalue weighted by Crippen LogP contribution is -2.46. The maximum Gasteiger partial charge on any atom is 0.389 e. The number of fused-ring (bicyclic) bond motifs is 7. The molecule has 212 valence electrons. The summed E-state index contributed by atoms with van der Waals surface area (Å²) < 4.78 is 52.4. The van der Waals surface area contributed by atoms with Gasteiger partial charge in [0.25, 0.3) is 0 Å². The van der Waals surface area contributed by atoms with Gasteiger partial charge in [-0.05, 0) is 52.5 Å². The molecule has 39 heavy (non-hydrogen) atoms. The minimum absolute atomic E-state index is 0.169. The summed E-state index contributed by atoms with van der Waals surface area (Å²) in [7, 11) is 1.54. The molecular weight excluding hydrogens is 513 g/mol. The van der Waals surface area contributed by atoms with Crippen molar-refractivity contribution in [2.45, 2.75) is 77.6 Å². The molecule has 3 aromatic rings. The molecule has 0 saturated carbocycles. The zero-order valence-corrected chi connectivity index (χ0v) is 22.7. The second-order valence-electron chi connectivity index (χ2n) is 9.81. The molecule has 4 rings (SSSR count). The second kappa shape index (κ2) is 12.1. The van der Waals surface area contributed by atoms with Crippen LogP contribution in [0.25, 0.3) is 16.9 Å². The van der Waals surface area contributed by atoms with Crippen LogP contribution in [0.5, 0.6) is 11.5 Å². The zero-order valence-electron chi connectivity index (χ0n) is 22.7. The van der Waals surface area contributed by atoms with Gasteiger partial charge in [-0.1, -0.05) is 6.42 Å². The number of halogens is 3. The van der Waals surface area contributed by atoms with E-state index in [1.165, 1.54) is 0 Å². The van der Waals surface area contributed by atoms with Gasteiger partial charge in [0, 0.05) is 30.6 Å². The number of ether oxygens (including phenoxy) is 2. The number of rotatable bonds is 4. The number of aromatic nitrogens is 4. The Labute approximate surface area is 225 Å². The van der Waals surface area contributed by atoms with E-state index in [0.717, 1.165) is 12.1 Å². The smallest absolute Gasteiger partial charge is 0.389 e. The Kier molecular flexibility index (Phi) is 8.81. The van der Waals surface area contributed by atoms with Gasteiger partial charge >= 0.3 is 12.2 Å². The molecule has 9 nitrogen and oxygen atoms in total. The van der Waals surface area contributed by atoms with Crippen LogP contribution < -0.4 is 14.8 Å². The summed E-state index contributed by atoms with van der Waals surface area (Å²) in [5.41, 5.74) is 3.22. The number of amides is 2. The van der Waals surface area contributed by atoms with Gasteiger partial charge < -0.3 is 19.7 Å². The molecule has 12 heteroatoms. The van der Waals surface area contributed by atoms with E-state index in [0.29, 0.717) is 66.5 Å². The maximum atomic E-state index is 13.3. The molecule has 1 aliphatic rings. The predicted molar refractivity (Wildman–Crippen MR) is 140 cm³/mol. The van der Waals surface area contributed by atoms with Crippen LogP contribution in [-0.2, 0) is 0 Å². The number of hydrogen-bond acceptors (Lipinski definition) is 6. The predicted octanol–water partition coefficient (Wildman–Crippen LogP) is 5.86. The average Bonchev–Trinajstić information content (AvgIpc) is 3.28. The first kappa shape index (κ1) is 28.4. The van der Waals surface area contributed by atoms with Crippen LogP contribution >= 0.6 is 0 Å². The Morgan fingerprint density at radius 2 is 2.03 bits per heavy atom. The first-order chi connectivity index (χ1) is 18.6. The fraction of sp³-hybridized carbons (Fsp3) is 0.556. The summed E-state index contributed by atoms with van der Waals surface area (Å²) in [5.74, 6) is 1.07. The SMILES string of the molecule is CCN1C(=O)N[C@@H](CCC(F)(F)F)CCCCCOc2cc(nn3cc(C)nc23)-c2cc(ncc2OC)[C@H]1C.